The maximum Gasteiger partial charge on any atom is 0.193 e. The molecule has 1 aromatic heterocycles. The molecule has 0 saturated carbocycles. The Balaban J connectivity index is 1.54. The quantitative estimate of drug-likeness (QED) is 0.637. The molecule has 1 aliphatic rings. The topological polar surface area (TPSA) is 47.0 Å². The van der Waals surface area contributed by atoms with Crippen LogP contribution >= 0.6 is 0 Å². The van der Waals surface area contributed by atoms with Gasteiger partial charge in [0.15, 0.2) is 5.96 Å². The summed E-state index contributed by atoms with van der Waals surface area (Å²) in [6, 6.07) is 12.8. The van der Waals surface area contributed by atoms with Crippen molar-refractivity contribution in [2.24, 2.45) is 4.99 Å². The fourth-order valence-electron chi connectivity index (χ4n) is 3.43. The van der Waals surface area contributed by atoms with E-state index in [0.29, 0.717) is 6.54 Å². The summed E-state index contributed by atoms with van der Waals surface area (Å²) in [7, 11) is 6.06. The monoisotopic (exact) mass is 380 g/mol. The molecule has 1 aliphatic heterocycles. The van der Waals surface area contributed by atoms with Gasteiger partial charge in [-0.15, -0.1) is 0 Å². The fourth-order valence-corrected chi connectivity index (χ4v) is 3.43. The minimum atomic E-state index is 0.709. The van der Waals surface area contributed by atoms with Gasteiger partial charge in [-0.2, -0.15) is 0 Å². The first-order valence-corrected chi connectivity index (χ1v) is 9.91. The Bertz CT molecular complexity index is 778. The van der Waals surface area contributed by atoms with E-state index in [4.69, 9.17) is 0 Å². The lowest BCUT2D eigenvalue weighted by atomic mass is 10.1. The molecular weight excluding hydrogens is 348 g/mol. The van der Waals surface area contributed by atoms with Crippen LogP contribution in [0.3, 0.4) is 0 Å². The van der Waals surface area contributed by atoms with Gasteiger partial charge in [-0.3, -0.25) is 4.99 Å². The summed E-state index contributed by atoms with van der Waals surface area (Å²) in [5.41, 5.74) is 3.77. The number of pyridine rings is 1. The molecule has 0 radical (unpaired) electrons. The van der Waals surface area contributed by atoms with Gasteiger partial charge in [0.25, 0.3) is 0 Å². The highest BCUT2D eigenvalue weighted by molar-refractivity contribution is 5.79. The van der Waals surface area contributed by atoms with Gasteiger partial charge in [-0.1, -0.05) is 30.3 Å². The summed E-state index contributed by atoms with van der Waals surface area (Å²) in [6.07, 6.45) is 1.97. The molecule has 0 atom stereocenters. The van der Waals surface area contributed by atoms with Crippen molar-refractivity contribution in [2.75, 3.05) is 52.2 Å². The third-order valence-electron chi connectivity index (χ3n) is 5.33. The van der Waals surface area contributed by atoms with E-state index in [1.807, 2.05) is 13.2 Å². The van der Waals surface area contributed by atoms with Crippen LogP contribution in [0, 0.1) is 6.92 Å². The third-order valence-corrected chi connectivity index (χ3v) is 5.33. The first-order valence-electron chi connectivity index (χ1n) is 9.91. The maximum absolute atomic E-state index is 4.67. The van der Waals surface area contributed by atoms with E-state index in [2.05, 4.69) is 87.4 Å². The van der Waals surface area contributed by atoms with Gasteiger partial charge in [0.05, 0.1) is 0 Å². The lowest BCUT2D eigenvalue weighted by molar-refractivity contribution is 0.312. The molecule has 1 saturated heterocycles. The Morgan fingerprint density at radius 1 is 1.14 bits per heavy atom. The van der Waals surface area contributed by atoms with Gasteiger partial charge < -0.3 is 20.0 Å². The van der Waals surface area contributed by atoms with Gasteiger partial charge >= 0.3 is 0 Å². The van der Waals surface area contributed by atoms with Crippen LogP contribution in [0.1, 0.15) is 16.7 Å². The summed E-state index contributed by atoms with van der Waals surface area (Å²) >= 11 is 0. The van der Waals surface area contributed by atoms with E-state index in [1.165, 1.54) is 11.1 Å². The van der Waals surface area contributed by atoms with Crippen LogP contribution in [-0.4, -0.2) is 68.1 Å². The van der Waals surface area contributed by atoms with Crippen molar-refractivity contribution in [2.45, 2.75) is 20.0 Å². The molecule has 2 heterocycles. The van der Waals surface area contributed by atoms with E-state index < -0.39 is 0 Å². The van der Waals surface area contributed by atoms with E-state index >= 15 is 0 Å². The second-order valence-corrected chi connectivity index (χ2v) is 7.50. The van der Waals surface area contributed by atoms with Crippen molar-refractivity contribution < 1.29 is 0 Å². The number of likely N-dealkylation sites (N-methyl/N-ethyl adjacent to an activating group) is 1. The van der Waals surface area contributed by atoms with Gasteiger partial charge in [-0.25, -0.2) is 4.98 Å². The molecular formula is C22H32N6. The lowest BCUT2D eigenvalue weighted by Gasteiger charge is -2.33. The zero-order chi connectivity index (χ0) is 19.9. The molecule has 0 aliphatic carbocycles. The number of aryl methyl sites for hydroxylation is 1. The van der Waals surface area contributed by atoms with Gasteiger partial charge in [0, 0.05) is 59.6 Å². The largest absolute Gasteiger partial charge is 0.354 e. The van der Waals surface area contributed by atoms with Gasteiger partial charge in [0.2, 0.25) is 0 Å². The Morgan fingerprint density at radius 2 is 1.89 bits per heavy atom. The number of aliphatic imine (C=N–C) groups is 1. The molecule has 2 aromatic rings. The third kappa shape index (κ3) is 5.23. The average Bonchev–Trinajstić information content (AvgIpc) is 2.71. The Morgan fingerprint density at radius 3 is 2.54 bits per heavy atom. The lowest BCUT2D eigenvalue weighted by Crippen LogP contribution is -2.44. The van der Waals surface area contributed by atoms with Crippen molar-refractivity contribution in [1.29, 1.82) is 0 Å². The minimum absolute atomic E-state index is 0.709. The summed E-state index contributed by atoms with van der Waals surface area (Å²) < 4.78 is 0. The Hall–Kier alpha value is -2.60. The van der Waals surface area contributed by atoms with Crippen LogP contribution in [0.25, 0.3) is 0 Å². The fraction of sp³-hybridized carbons (Fsp3) is 0.455. The maximum atomic E-state index is 4.67. The van der Waals surface area contributed by atoms with E-state index in [0.717, 1.165) is 50.1 Å². The summed E-state index contributed by atoms with van der Waals surface area (Å²) in [6.45, 7) is 7.94. The number of nitrogens with zero attached hydrogens (tertiary/aromatic N) is 5. The number of piperazine rings is 1. The van der Waals surface area contributed by atoms with Crippen LogP contribution in [0.2, 0.25) is 0 Å². The highest BCUT2D eigenvalue weighted by Crippen LogP contribution is 2.14. The highest BCUT2D eigenvalue weighted by Gasteiger charge is 2.15. The standard InChI is InChI=1S/C22H32N6/c1-18-7-5-6-8-20(18)17-27(4)22(23-2)25-16-19-9-10-21(24-15-19)28-13-11-26(3)12-14-28/h5-10,15H,11-14,16-17H2,1-4H3,(H,23,25). The second-order valence-electron chi connectivity index (χ2n) is 7.50. The smallest absolute Gasteiger partial charge is 0.193 e. The number of anilines is 1. The summed E-state index contributed by atoms with van der Waals surface area (Å²) in [4.78, 5) is 15.9. The van der Waals surface area contributed by atoms with Crippen molar-refractivity contribution >= 4 is 11.8 Å². The second kappa shape index (κ2) is 9.55. The zero-order valence-electron chi connectivity index (χ0n) is 17.5. The predicted octanol–water partition coefficient (Wildman–Crippen LogP) is 2.35. The van der Waals surface area contributed by atoms with Crippen LogP contribution < -0.4 is 10.2 Å². The molecule has 1 N–H and O–H groups in total. The molecule has 28 heavy (non-hydrogen) atoms. The van der Waals surface area contributed by atoms with Crippen molar-refractivity contribution in [1.82, 2.24) is 20.1 Å². The van der Waals surface area contributed by atoms with Crippen molar-refractivity contribution in [3.8, 4) is 0 Å². The minimum Gasteiger partial charge on any atom is -0.354 e. The number of benzene rings is 1. The van der Waals surface area contributed by atoms with Crippen LogP contribution in [0.15, 0.2) is 47.6 Å². The molecule has 0 unspecified atom stereocenters. The Labute approximate surface area is 168 Å². The Kier molecular flexibility index (Phi) is 6.87. The van der Waals surface area contributed by atoms with Crippen LogP contribution in [-0.2, 0) is 13.1 Å². The molecule has 6 nitrogen and oxygen atoms in total. The normalized spacial score (nSPS) is 15.6. The van der Waals surface area contributed by atoms with Gasteiger partial charge in [0.1, 0.15) is 5.82 Å². The van der Waals surface area contributed by atoms with Crippen LogP contribution in [0.5, 0.6) is 0 Å². The molecule has 0 spiro atoms. The molecule has 150 valence electrons. The predicted molar refractivity (Wildman–Crippen MR) is 117 cm³/mol. The zero-order valence-corrected chi connectivity index (χ0v) is 17.5. The number of guanidine groups is 1. The van der Waals surface area contributed by atoms with Crippen LogP contribution in [0.4, 0.5) is 5.82 Å². The van der Waals surface area contributed by atoms with E-state index in [1.54, 1.807) is 0 Å². The van der Waals surface area contributed by atoms with Gasteiger partial charge in [-0.05, 0) is 36.7 Å². The number of aromatic nitrogens is 1. The molecule has 0 bridgehead atoms. The highest BCUT2D eigenvalue weighted by atomic mass is 15.3. The molecule has 1 aromatic carbocycles. The first kappa shape index (κ1) is 20.1. The van der Waals surface area contributed by atoms with Crippen molar-refractivity contribution in [3.63, 3.8) is 0 Å². The number of rotatable bonds is 5. The average molecular weight is 381 g/mol. The number of hydrogen-bond donors (Lipinski definition) is 1. The first-order chi connectivity index (χ1) is 13.6. The molecule has 0 amide bonds. The SMILES string of the molecule is CN=C(NCc1ccc(N2CCN(C)CC2)nc1)N(C)Cc1ccccc1C. The molecule has 6 heteroatoms. The molecule has 1 fully saturated rings. The van der Waals surface area contributed by atoms with E-state index in [-0.39, 0.29) is 0 Å². The molecule has 3 rings (SSSR count). The number of nitrogens with one attached hydrogen (secondary N) is 1. The summed E-state index contributed by atoms with van der Waals surface area (Å²) in [5, 5.41) is 3.45. The summed E-state index contributed by atoms with van der Waals surface area (Å²) in [5.74, 6) is 1.95. The van der Waals surface area contributed by atoms with Crippen molar-refractivity contribution in [3.05, 3.63) is 59.3 Å². The number of hydrogen-bond acceptors (Lipinski definition) is 4. The van der Waals surface area contributed by atoms with E-state index in [9.17, 15) is 0 Å².